The van der Waals surface area contributed by atoms with Crippen molar-refractivity contribution in [1.82, 2.24) is 0 Å². The lowest BCUT2D eigenvalue weighted by Crippen LogP contribution is -2.07. The Kier molecular flexibility index (Phi) is 2.66. The summed E-state index contributed by atoms with van der Waals surface area (Å²) in [5.74, 6) is -0.169. The molecule has 64 valence electrons. The average Bonchev–Trinajstić information content (AvgIpc) is 2.04. The van der Waals surface area contributed by atoms with Crippen molar-refractivity contribution in [3.8, 4) is 0 Å². The first-order valence-corrected chi connectivity index (χ1v) is 3.51. The number of rotatable bonds is 2. The maximum Gasteiger partial charge on any atom is 0.221 e. The number of carbonyl (C=O) groups excluding carboxylic acids is 1. The molecule has 0 spiro atoms. The van der Waals surface area contributed by atoms with Gasteiger partial charge in [-0.15, -0.1) is 0 Å². The van der Waals surface area contributed by atoms with Gasteiger partial charge in [0.25, 0.3) is 0 Å². The highest BCUT2D eigenvalue weighted by Gasteiger charge is 2.00. The van der Waals surface area contributed by atoms with Gasteiger partial charge in [0.05, 0.1) is 11.4 Å². The van der Waals surface area contributed by atoms with E-state index >= 15 is 0 Å². The van der Waals surface area contributed by atoms with Gasteiger partial charge >= 0.3 is 0 Å². The molecule has 1 rings (SSSR count). The molecule has 0 aliphatic rings. The van der Waals surface area contributed by atoms with Crippen LogP contribution in [0.15, 0.2) is 24.3 Å². The van der Waals surface area contributed by atoms with Crippen LogP contribution in [0.3, 0.4) is 0 Å². The number of carbonyl (C=O) groups is 1. The molecule has 0 aromatic heterocycles. The molecule has 1 aromatic carbocycles. The van der Waals surface area contributed by atoms with E-state index < -0.39 is 0 Å². The van der Waals surface area contributed by atoms with Crippen LogP contribution in [0.2, 0.25) is 0 Å². The van der Waals surface area contributed by atoms with Crippen LogP contribution in [0.4, 0.5) is 11.4 Å². The Bertz CT molecular complexity index is 286. The number of amides is 1. The Morgan fingerprint density at radius 2 is 1.92 bits per heavy atom. The first-order valence-electron chi connectivity index (χ1n) is 3.51. The third-order valence-electron chi connectivity index (χ3n) is 1.36. The molecule has 0 unspecified atom stereocenters. The molecule has 4 nitrogen and oxygen atoms in total. The van der Waals surface area contributed by atoms with Crippen LogP contribution < -0.4 is 10.8 Å². The van der Waals surface area contributed by atoms with Gasteiger partial charge in [-0.1, -0.05) is 12.1 Å². The molecule has 3 N–H and O–H groups in total. The van der Waals surface area contributed by atoms with Crippen molar-refractivity contribution in [3.63, 3.8) is 0 Å². The predicted molar refractivity (Wildman–Crippen MR) is 46.2 cm³/mol. The molecule has 12 heavy (non-hydrogen) atoms. The van der Waals surface area contributed by atoms with Crippen molar-refractivity contribution in [2.75, 3.05) is 10.8 Å². The molecule has 0 radical (unpaired) electrons. The number of nitrogens with one attached hydrogen (secondary N) is 2. The first-order chi connectivity index (χ1) is 5.74. The summed E-state index contributed by atoms with van der Waals surface area (Å²) in [6.07, 6.45) is 0. The average molecular weight is 166 g/mol. The Morgan fingerprint density at radius 3 is 2.42 bits per heavy atom. The Morgan fingerprint density at radius 1 is 1.33 bits per heavy atom. The fourth-order valence-electron chi connectivity index (χ4n) is 0.879. The van der Waals surface area contributed by atoms with Crippen LogP contribution in [-0.4, -0.2) is 11.1 Å². The number of hydrogen-bond acceptors (Lipinski definition) is 3. The fraction of sp³-hybridized carbons (Fsp3) is 0.125. The van der Waals surface area contributed by atoms with Gasteiger partial charge in [0.1, 0.15) is 0 Å². The minimum absolute atomic E-state index is 0.169. The number of benzene rings is 1. The molecule has 0 atom stereocenters. The topological polar surface area (TPSA) is 61.4 Å². The molecule has 1 aromatic rings. The van der Waals surface area contributed by atoms with E-state index in [1.54, 1.807) is 24.3 Å². The summed E-state index contributed by atoms with van der Waals surface area (Å²) in [4.78, 5) is 10.7. The lowest BCUT2D eigenvalue weighted by Gasteiger charge is -2.06. The second kappa shape index (κ2) is 3.73. The van der Waals surface area contributed by atoms with E-state index in [1.807, 2.05) is 5.48 Å². The van der Waals surface area contributed by atoms with Gasteiger partial charge in [0.15, 0.2) is 0 Å². The monoisotopic (exact) mass is 166 g/mol. The van der Waals surface area contributed by atoms with Crippen molar-refractivity contribution in [3.05, 3.63) is 24.3 Å². The molecule has 0 bridgehead atoms. The molecule has 0 fully saturated rings. The van der Waals surface area contributed by atoms with Crippen LogP contribution >= 0.6 is 0 Å². The normalized spacial score (nSPS) is 9.17. The Balaban J connectivity index is 2.89. The van der Waals surface area contributed by atoms with Gasteiger partial charge < -0.3 is 5.32 Å². The summed E-state index contributed by atoms with van der Waals surface area (Å²) in [7, 11) is 0. The van der Waals surface area contributed by atoms with E-state index in [0.29, 0.717) is 11.4 Å². The van der Waals surface area contributed by atoms with E-state index in [9.17, 15) is 4.79 Å². The first kappa shape index (κ1) is 8.55. The summed E-state index contributed by atoms with van der Waals surface area (Å²) in [6, 6.07) is 6.88. The van der Waals surface area contributed by atoms with E-state index in [4.69, 9.17) is 5.21 Å². The second-order valence-corrected chi connectivity index (χ2v) is 2.34. The van der Waals surface area contributed by atoms with Gasteiger partial charge in [0, 0.05) is 6.92 Å². The van der Waals surface area contributed by atoms with Crippen molar-refractivity contribution in [2.24, 2.45) is 0 Å². The van der Waals surface area contributed by atoms with Gasteiger partial charge in [-0.25, -0.2) is 0 Å². The minimum atomic E-state index is -0.169. The van der Waals surface area contributed by atoms with Crippen LogP contribution in [0, 0.1) is 0 Å². The molecule has 0 aliphatic carbocycles. The highest BCUT2D eigenvalue weighted by atomic mass is 16.5. The highest BCUT2D eigenvalue weighted by Crippen LogP contribution is 2.19. The lowest BCUT2D eigenvalue weighted by molar-refractivity contribution is -0.114. The summed E-state index contributed by atoms with van der Waals surface area (Å²) in [5, 5.41) is 11.2. The second-order valence-electron chi connectivity index (χ2n) is 2.34. The van der Waals surface area contributed by atoms with Crippen LogP contribution in [0.5, 0.6) is 0 Å². The summed E-state index contributed by atoms with van der Waals surface area (Å²) in [5.41, 5.74) is 3.03. The maximum atomic E-state index is 10.7. The maximum absolute atomic E-state index is 10.7. The third-order valence-corrected chi connectivity index (χ3v) is 1.36. The highest BCUT2D eigenvalue weighted by molar-refractivity contribution is 5.92. The largest absolute Gasteiger partial charge is 0.324 e. The standard InChI is InChI=1S/C8H10N2O2/c1-6(11)9-7-4-2-3-5-8(7)10-12/h2-5,10,12H,1H3,(H,9,11). The smallest absolute Gasteiger partial charge is 0.221 e. The minimum Gasteiger partial charge on any atom is -0.324 e. The van der Waals surface area contributed by atoms with Crippen LogP contribution in [-0.2, 0) is 4.79 Å². The molecule has 4 heteroatoms. The lowest BCUT2D eigenvalue weighted by atomic mass is 10.2. The quantitative estimate of drug-likeness (QED) is 0.582. The zero-order valence-electron chi connectivity index (χ0n) is 6.66. The van der Waals surface area contributed by atoms with Crippen LogP contribution in [0.25, 0.3) is 0 Å². The van der Waals surface area contributed by atoms with Crippen molar-refractivity contribution in [1.29, 1.82) is 0 Å². The third kappa shape index (κ3) is 1.96. The van der Waals surface area contributed by atoms with Crippen molar-refractivity contribution >= 4 is 17.3 Å². The molecule has 0 aliphatic heterocycles. The fourth-order valence-corrected chi connectivity index (χ4v) is 0.879. The Labute approximate surface area is 70.2 Å². The number of anilines is 2. The van der Waals surface area contributed by atoms with Crippen molar-refractivity contribution in [2.45, 2.75) is 6.92 Å². The van der Waals surface area contributed by atoms with E-state index in [-0.39, 0.29) is 5.91 Å². The molecular formula is C8H10N2O2. The van der Waals surface area contributed by atoms with Gasteiger partial charge in [-0.2, -0.15) is 0 Å². The summed E-state index contributed by atoms with van der Waals surface area (Å²) >= 11 is 0. The molecule has 0 heterocycles. The molecular weight excluding hydrogens is 156 g/mol. The van der Waals surface area contributed by atoms with Gasteiger partial charge in [-0.3, -0.25) is 15.5 Å². The Hall–Kier alpha value is -1.55. The molecule has 1 amide bonds. The predicted octanol–water partition coefficient (Wildman–Crippen LogP) is 1.45. The van der Waals surface area contributed by atoms with E-state index in [2.05, 4.69) is 5.32 Å². The van der Waals surface area contributed by atoms with E-state index in [0.717, 1.165) is 0 Å². The summed E-state index contributed by atoms with van der Waals surface area (Å²) < 4.78 is 0. The van der Waals surface area contributed by atoms with Gasteiger partial charge in [0.2, 0.25) is 5.91 Å². The number of hydrogen-bond donors (Lipinski definition) is 3. The number of para-hydroxylation sites is 2. The zero-order valence-corrected chi connectivity index (χ0v) is 6.66. The SMILES string of the molecule is CC(=O)Nc1ccccc1NO. The summed E-state index contributed by atoms with van der Waals surface area (Å²) in [6.45, 7) is 1.41. The molecule has 0 saturated carbocycles. The zero-order chi connectivity index (χ0) is 8.97. The van der Waals surface area contributed by atoms with E-state index in [1.165, 1.54) is 6.92 Å². The van der Waals surface area contributed by atoms with Gasteiger partial charge in [-0.05, 0) is 12.1 Å². The molecule has 0 saturated heterocycles. The van der Waals surface area contributed by atoms with Crippen molar-refractivity contribution < 1.29 is 10.0 Å². The van der Waals surface area contributed by atoms with Crippen LogP contribution in [0.1, 0.15) is 6.92 Å².